The van der Waals surface area contributed by atoms with Crippen molar-refractivity contribution in [3.63, 3.8) is 0 Å². The highest BCUT2D eigenvalue weighted by molar-refractivity contribution is 9.10. The first kappa shape index (κ1) is 14.6. The molecule has 2 aromatic rings. The Balaban J connectivity index is 1.94. The van der Waals surface area contributed by atoms with E-state index >= 15 is 0 Å². The minimum atomic E-state index is -0.928. The molecule has 0 unspecified atom stereocenters. The van der Waals surface area contributed by atoms with Crippen LogP contribution < -0.4 is 5.32 Å². The molecule has 2 rings (SSSR count). The standard InChI is InChI=1S/C16H16BrNO2/c1-11-3-2-4-12(9-11)7-8-18-13-5-6-14(16(19)20)15(17)10-13/h2-6,9-10,18H,7-8H2,1H3,(H,19,20). The summed E-state index contributed by atoms with van der Waals surface area (Å²) in [4.78, 5) is 10.9. The van der Waals surface area contributed by atoms with Gasteiger partial charge in [-0.3, -0.25) is 0 Å². The maximum absolute atomic E-state index is 10.9. The van der Waals surface area contributed by atoms with Crippen molar-refractivity contribution in [1.82, 2.24) is 0 Å². The third-order valence-corrected chi connectivity index (χ3v) is 3.68. The molecule has 3 nitrogen and oxygen atoms in total. The fraction of sp³-hybridized carbons (Fsp3) is 0.188. The van der Waals surface area contributed by atoms with E-state index in [1.807, 2.05) is 0 Å². The summed E-state index contributed by atoms with van der Waals surface area (Å²) in [5, 5.41) is 12.3. The molecule has 0 aliphatic rings. The van der Waals surface area contributed by atoms with Crippen LogP contribution in [0.3, 0.4) is 0 Å². The van der Waals surface area contributed by atoms with Gasteiger partial charge in [0.25, 0.3) is 0 Å². The van der Waals surface area contributed by atoms with Gasteiger partial charge in [-0.25, -0.2) is 4.79 Å². The van der Waals surface area contributed by atoms with E-state index in [9.17, 15) is 4.79 Å². The van der Waals surface area contributed by atoms with Gasteiger partial charge in [0.15, 0.2) is 0 Å². The second-order valence-corrected chi connectivity index (χ2v) is 5.52. The lowest BCUT2D eigenvalue weighted by molar-refractivity contribution is 0.0696. The fourth-order valence-corrected chi connectivity index (χ4v) is 2.57. The van der Waals surface area contributed by atoms with Gasteiger partial charge in [-0.1, -0.05) is 29.8 Å². The normalized spacial score (nSPS) is 10.3. The minimum Gasteiger partial charge on any atom is -0.478 e. The van der Waals surface area contributed by atoms with Crippen LogP contribution in [0.25, 0.3) is 0 Å². The van der Waals surface area contributed by atoms with Gasteiger partial charge < -0.3 is 10.4 Å². The molecular formula is C16H16BrNO2. The van der Waals surface area contributed by atoms with Crippen LogP contribution in [0.4, 0.5) is 5.69 Å². The fourth-order valence-electron chi connectivity index (χ4n) is 2.02. The lowest BCUT2D eigenvalue weighted by Crippen LogP contribution is -2.06. The Bertz CT molecular complexity index is 626. The molecule has 2 N–H and O–H groups in total. The van der Waals surface area contributed by atoms with Gasteiger partial charge >= 0.3 is 5.97 Å². The van der Waals surface area contributed by atoms with E-state index in [2.05, 4.69) is 52.4 Å². The lowest BCUT2D eigenvalue weighted by atomic mass is 10.1. The van der Waals surface area contributed by atoms with E-state index in [1.165, 1.54) is 11.1 Å². The minimum absolute atomic E-state index is 0.272. The van der Waals surface area contributed by atoms with E-state index < -0.39 is 5.97 Å². The topological polar surface area (TPSA) is 49.3 Å². The summed E-state index contributed by atoms with van der Waals surface area (Å²) in [6.45, 7) is 2.89. The molecular weight excluding hydrogens is 318 g/mol. The average Bonchev–Trinajstić information content (AvgIpc) is 2.38. The summed E-state index contributed by atoms with van der Waals surface area (Å²) >= 11 is 3.27. The Morgan fingerprint density at radius 2 is 2.05 bits per heavy atom. The number of hydrogen-bond donors (Lipinski definition) is 2. The monoisotopic (exact) mass is 333 g/mol. The van der Waals surface area contributed by atoms with E-state index in [1.54, 1.807) is 18.2 Å². The van der Waals surface area contributed by atoms with E-state index in [-0.39, 0.29) is 5.56 Å². The summed E-state index contributed by atoms with van der Waals surface area (Å²) in [6.07, 6.45) is 0.931. The third-order valence-electron chi connectivity index (χ3n) is 3.02. The first-order chi connectivity index (χ1) is 9.56. The number of carbonyl (C=O) groups is 1. The van der Waals surface area contributed by atoms with Crippen molar-refractivity contribution >= 4 is 27.6 Å². The Hall–Kier alpha value is -1.81. The van der Waals surface area contributed by atoms with Crippen LogP contribution in [0.1, 0.15) is 21.5 Å². The predicted molar refractivity (Wildman–Crippen MR) is 84.5 cm³/mol. The van der Waals surface area contributed by atoms with Gasteiger partial charge in [-0.2, -0.15) is 0 Å². The second kappa shape index (κ2) is 6.57. The molecule has 4 heteroatoms. The Kier molecular flexibility index (Phi) is 4.79. The van der Waals surface area contributed by atoms with E-state index in [0.717, 1.165) is 18.7 Å². The van der Waals surface area contributed by atoms with Crippen molar-refractivity contribution < 1.29 is 9.90 Å². The molecule has 20 heavy (non-hydrogen) atoms. The second-order valence-electron chi connectivity index (χ2n) is 4.67. The van der Waals surface area contributed by atoms with Crippen molar-refractivity contribution in [3.05, 3.63) is 63.6 Å². The van der Waals surface area contributed by atoms with Gasteiger partial charge in [-0.15, -0.1) is 0 Å². The summed E-state index contributed by atoms with van der Waals surface area (Å²) in [6, 6.07) is 13.6. The SMILES string of the molecule is Cc1cccc(CCNc2ccc(C(=O)O)c(Br)c2)c1. The molecule has 0 fully saturated rings. The molecule has 0 atom stereocenters. The number of nitrogens with one attached hydrogen (secondary N) is 1. The number of halogens is 1. The first-order valence-electron chi connectivity index (χ1n) is 6.38. The van der Waals surface area contributed by atoms with Gasteiger partial charge in [0.05, 0.1) is 5.56 Å². The zero-order valence-corrected chi connectivity index (χ0v) is 12.8. The Morgan fingerprint density at radius 3 is 2.70 bits per heavy atom. The van der Waals surface area contributed by atoms with Crippen LogP contribution in [-0.2, 0) is 6.42 Å². The van der Waals surface area contributed by atoms with Crippen LogP contribution in [0, 0.1) is 6.92 Å². The van der Waals surface area contributed by atoms with Gasteiger partial charge in [0.2, 0.25) is 0 Å². The highest BCUT2D eigenvalue weighted by Crippen LogP contribution is 2.21. The molecule has 0 saturated carbocycles. The van der Waals surface area contributed by atoms with Crippen molar-refractivity contribution in [2.24, 2.45) is 0 Å². The largest absolute Gasteiger partial charge is 0.478 e. The number of anilines is 1. The molecule has 0 aliphatic carbocycles. The maximum atomic E-state index is 10.9. The molecule has 0 aromatic heterocycles. The number of rotatable bonds is 5. The number of aryl methyl sites for hydroxylation is 1. The highest BCUT2D eigenvalue weighted by Gasteiger charge is 2.08. The van der Waals surface area contributed by atoms with E-state index in [0.29, 0.717) is 4.47 Å². The average molecular weight is 334 g/mol. The first-order valence-corrected chi connectivity index (χ1v) is 7.18. The van der Waals surface area contributed by atoms with Gasteiger partial charge in [0, 0.05) is 16.7 Å². The maximum Gasteiger partial charge on any atom is 0.336 e. The van der Waals surface area contributed by atoms with Crippen molar-refractivity contribution in [1.29, 1.82) is 0 Å². The number of carboxylic acid groups (broad SMARTS) is 1. The number of aromatic carboxylic acids is 1. The smallest absolute Gasteiger partial charge is 0.336 e. The van der Waals surface area contributed by atoms with Crippen molar-refractivity contribution in [3.8, 4) is 0 Å². The van der Waals surface area contributed by atoms with Gasteiger partial charge in [0.1, 0.15) is 0 Å². The quantitative estimate of drug-likeness (QED) is 0.865. The van der Waals surface area contributed by atoms with Gasteiger partial charge in [-0.05, 0) is 53.0 Å². The molecule has 0 heterocycles. The van der Waals surface area contributed by atoms with Crippen molar-refractivity contribution in [2.75, 3.05) is 11.9 Å². The molecule has 104 valence electrons. The lowest BCUT2D eigenvalue weighted by Gasteiger charge is -2.08. The Labute approximate surface area is 126 Å². The van der Waals surface area contributed by atoms with Crippen LogP contribution in [-0.4, -0.2) is 17.6 Å². The van der Waals surface area contributed by atoms with Crippen LogP contribution in [0.2, 0.25) is 0 Å². The molecule has 2 aromatic carbocycles. The third kappa shape index (κ3) is 3.84. The summed E-state index contributed by atoms with van der Waals surface area (Å²) in [7, 11) is 0. The van der Waals surface area contributed by atoms with E-state index in [4.69, 9.17) is 5.11 Å². The molecule has 0 amide bonds. The van der Waals surface area contributed by atoms with Crippen molar-refractivity contribution in [2.45, 2.75) is 13.3 Å². The predicted octanol–water partition coefficient (Wildman–Crippen LogP) is 4.11. The summed E-state index contributed by atoms with van der Waals surface area (Å²) in [5.41, 5.74) is 3.73. The highest BCUT2D eigenvalue weighted by atomic mass is 79.9. The summed E-state index contributed by atoms with van der Waals surface area (Å²) in [5.74, 6) is -0.928. The number of benzene rings is 2. The number of carboxylic acids is 1. The molecule has 0 aliphatic heterocycles. The van der Waals surface area contributed by atoms with Crippen LogP contribution >= 0.6 is 15.9 Å². The summed E-state index contributed by atoms with van der Waals surface area (Å²) < 4.78 is 0.588. The Morgan fingerprint density at radius 1 is 1.25 bits per heavy atom. The van der Waals surface area contributed by atoms with Crippen LogP contribution in [0.5, 0.6) is 0 Å². The molecule has 0 saturated heterocycles. The molecule has 0 bridgehead atoms. The molecule has 0 radical (unpaired) electrons. The van der Waals surface area contributed by atoms with Crippen LogP contribution in [0.15, 0.2) is 46.9 Å². The number of hydrogen-bond acceptors (Lipinski definition) is 2. The molecule has 0 spiro atoms. The zero-order valence-electron chi connectivity index (χ0n) is 11.2. The zero-order chi connectivity index (χ0) is 14.5.